The maximum atomic E-state index is 5.88. The molecule has 1 aliphatic rings. The van der Waals surface area contributed by atoms with Crippen LogP contribution in [0.3, 0.4) is 0 Å². The van der Waals surface area contributed by atoms with Gasteiger partial charge in [-0.25, -0.2) is 0 Å². The van der Waals surface area contributed by atoms with Gasteiger partial charge in [0.2, 0.25) is 0 Å². The molecule has 0 amide bonds. The molecule has 1 fully saturated rings. The third kappa shape index (κ3) is 2.73. The molecule has 0 radical (unpaired) electrons. The van der Waals surface area contributed by atoms with Crippen molar-refractivity contribution < 1.29 is 4.74 Å². The molecule has 1 aliphatic heterocycles. The average molecular weight is 236 g/mol. The number of morpholine rings is 1. The molecule has 1 aromatic rings. The van der Waals surface area contributed by atoms with Gasteiger partial charge < -0.3 is 15.4 Å². The highest BCUT2D eigenvalue weighted by Gasteiger charge is 2.32. The molecule has 5 nitrogen and oxygen atoms in total. The van der Waals surface area contributed by atoms with Gasteiger partial charge in [-0.2, -0.15) is 5.10 Å². The Kier molecular flexibility index (Phi) is 3.31. The first-order valence-corrected chi connectivity index (χ1v) is 5.95. The Morgan fingerprint density at radius 2 is 2.35 bits per heavy atom. The molecule has 1 unspecified atom stereocenters. The number of ether oxygens (including phenoxy) is 1. The van der Waals surface area contributed by atoms with E-state index in [9.17, 15) is 0 Å². The minimum atomic E-state index is -0.166. The van der Waals surface area contributed by atoms with Crippen LogP contribution in [0.2, 0.25) is 0 Å². The molecule has 2 N–H and O–H groups in total. The van der Waals surface area contributed by atoms with Gasteiger partial charge in [0.1, 0.15) is 0 Å². The lowest BCUT2D eigenvalue weighted by Gasteiger charge is -2.42. The zero-order chi connectivity index (χ0) is 12.5. The summed E-state index contributed by atoms with van der Waals surface area (Å²) in [6, 6.07) is 1.93. The third-order valence-corrected chi connectivity index (χ3v) is 2.87. The van der Waals surface area contributed by atoms with E-state index in [1.165, 1.54) is 0 Å². The fourth-order valence-corrected chi connectivity index (χ4v) is 2.39. The summed E-state index contributed by atoms with van der Waals surface area (Å²) >= 11 is 0. The molecule has 1 atom stereocenters. The molecule has 2 rings (SSSR count). The Balaban J connectivity index is 2.27. The fraction of sp³-hybridized carbons (Fsp3) is 0.667. The maximum Gasteiger partial charge on any atom is 0.155 e. The second kappa shape index (κ2) is 4.58. The van der Waals surface area contributed by atoms with E-state index in [1.807, 2.05) is 6.07 Å². The van der Waals surface area contributed by atoms with Crippen molar-refractivity contribution in [2.75, 3.05) is 18.0 Å². The van der Waals surface area contributed by atoms with E-state index in [1.54, 1.807) is 6.20 Å². The van der Waals surface area contributed by atoms with Gasteiger partial charge in [-0.05, 0) is 26.8 Å². The molecule has 0 aliphatic carbocycles. The molecule has 94 valence electrons. The lowest BCUT2D eigenvalue weighted by Crippen LogP contribution is -2.52. The van der Waals surface area contributed by atoms with E-state index in [0.717, 1.165) is 24.5 Å². The summed E-state index contributed by atoms with van der Waals surface area (Å²) in [7, 11) is 0. The fourth-order valence-electron chi connectivity index (χ4n) is 2.39. The van der Waals surface area contributed by atoms with Crippen molar-refractivity contribution in [3.8, 4) is 0 Å². The molecule has 0 saturated carbocycles. The molecule has 5 heteroatoms. The van der Waals surface area contributed by atoms with Crippen LogP contribution in [0, 0.1) is 0 Å². The molecule has 0 bridgehead atoms. The zero-order valence-electron chi connectivity index (χ0n) is 10.7. The van der Waals surface area contributed by atoms with Gasteiger partial charge in [-0.3, -0.25) is 0 Å². The smallest absolute Gasteiger partial charge is 0.155 e. The van der Waals surface area contributed by atoms with Gasteiger partial charge in [0, 0.05) is 25.2 Å². The van der Waals surface area contributed by atoms with Crippen molar-refractivity contribution in [3.63, 3.8) is 0 Å². The SMILES string of the molecule is CC1CN(c2nnccc2CN)CC(C)(C)O1. The molecular weight excluding hydrogens is 216 g/mol. The second-order valence-electron chi connectivity index (χ2n) is 5.15. The van der Waals surface area contributed by atoms with E-state index < -0.39 is 0 Å². The first-order valence-electron chi connectivity index (χ1n) is 5.95. The predicted molar refractivity (Wildman–Crippen MR) is 66.8 cm³/mol. The standard InChI is InChI=1S/C12H20N4O/c1-9-7-16(8-12(2,3)17-9)11-10(6-13)4-5-14-15-11/h4-5,9H,6-8,13H2,1-3H3. The number of hydrogen-bond donors (Lipinski definition) is 1. The van der Waals surface area contributed by atoms with Crippen LogP contribution in [0.25, 0.3) is 0 Å². The summed E-state index contributed by atoms with van der Waals surface area (Å²) in [5, 5.41) is 8.17. The lowest BCUT2D eigenvalue weighted by atomic mass is 10.0. The maximum absolute atomic E-state index is 5.88. The van der Waals surface area contributed by atoms with E-state index in [0.29, 0.717) is 6.54 Å². The Bertz CT molecular complexity index is 394. The van der Waals surface area contributed by atoms with Crippen LogP contribution in [-0.4, -0.2) is 35.0 Å². The molecule has 0 spiro atoms. The Hall–Kier alpha value is -1.20. The molecular formula is C12H20N4O. The van der Waals surface area contributed by atoms with Crippen molar-refractivity contribution in [2.24, 2.45) is 5.73 Å². The number of nitrogens with two attached hydrogens (primary N) is 1. The minimum Gasteiger partial charge on any atom is -0.369 e. The van der Waals surface area contributed by atoms with Crippen LogP contribution in [-0.2, 0) is 11.3 Å². The Labute approximate surface area is 102 Å². The topological polar surface area (TPSA) is 64.3 Å². The van der Waals surface area contributed by atoms with E-state index in [2.05, 4.69) is 35.9 Å². The Morgan fingerprint density at radius 3 is 3.00 bits per heavy atom. The average Bonchev–Trinajstić information content (AvgIpc) is 2.26. The summed E-state index contributed by atoms with van der Waals surface area (Å²) in [5.74, 6) is 0.887. The number of aromatic nitrogens is 2. The van der Waals surface area contributed by atoms with Gasteiger partial charge in [-0.1, -0.05) is 0 Å². The van der Waals surface area contributed by atoms with Gasteiger partial charge in [0.25, 0.3) is 0 Å². The highest BCUT2D eigenvalue weighted by atomic mass is 16.5. The zero-order valence-corrected chi connectivity index (χ0v) is 10.7. The molecule has 17 heavy (non-hydrogen) atoms. The normalized spacial score (nSPS) is 23.8. The summed E-state index contributed by atoms with van der Waals surface area (Å²) in [5.41, 5.74) is 6.60. The number of anilines is 1. The van der Waals surface area contributed by atoms with E-state index in [-0.39, 0.29) is 11.7 Å². The third-order valence-electron chi connectivity index (χ3n) is 2.87. The van der Waals surface area contributed by atoms with Crippen LogP contribution >= 0.6 is 0 Å². The van der Waals surface area contributed by atoms with Crippen LogP contribution in [0.4, 0.5) is 5.82 Å². The van der Waals surface area contributed by atoms with Crippen LogP contribution in [0.5, 0.6) is 0 Å². The van der Waals surface area contributed by atoms with Gasteiger partial charge in [-0.15, -0.1) is 5.10 Å². The van der Waals surface area contributed by atoms with Gasteiger partial charge in [0.15, 0.2) is 5.82 Å². The highest BCUT2D eigenvalue weighted by Crippen LogP contribution is 2.26. The second-order valence-corrected chi connectivity index (χ2v) is 5.15. The molecule has 2 heterocycles. The largest absolute Gasteiger partial charge is 0.369 e. The van der Waals surface area contributed by atoms with Crippen LogP contribution in [0.15, 0.2) is 12.3 Å². The van der Waals surface area contributed by atoms with E-state index >= 15 is 0 Å². The molecule has 0 aromatic carbocycles. The lowest BCUT2D eigenvalue weighted by molar-refractivity contribution is -0.0752. The summed E-state index contributed by atoms with van der Waals surface area (Å²) in [6.07, 6.45) is 1.87. The van der Waals surface area contributed by atoms with Crippen molar-refractivity contribution >= 4 is 5.82 Å². The summed E-state index contributed by atoms with van der Waals surface area (Å²) < 4.78 is 5.88. The van der Waals surface area contributed by atoms with Crippen molar-refractivity contribution in [3.05, 3.63) is 17.8 Å². The minimum absolute atomic E-state index is 0.166. The molecule has 1 aromatic heterocycles. The van der Waals surface area contributed by atoms with Gasteiger partial charge in [0.05, 0.1) is 17.9 Å². The monoisotopic (exact) mass is 236 g/mol. The molecule has 1 saturated heterocycles. The summed E-state index contributed by atoms with van der Waals surface area (Å²) in [6.45, 7) is 8.38. The first kappa shape index (κ1) is 12.3. The van der Waals surface area contributed by atoms with Crippen molar-refractivity contribution in [1.29, 1.82) is 0 Å². The number of nitrogens with zero attached hydrogens (tertiary/aromatic N) is 3. The van der Waals surface area contributed by atoms with E-state index in [4.69, 9.17) is 10.5 Å². The highest BCUT2D eigenvalue weighted by molar-refractivity contribution is 5.46. The van der Waals surface area contributed by atoms with Crippen LogP contribution < -0.4 is 10.6 Å². The summed E-state index contributed by atoms with van der Waals surface area (Å²) in [4.78, 5) is 2.21. The quantitative estimate of drug-likeness (QED) is 0.828. The van der Waals surface area contributed by atoms with Crippen molar-refractivity contribution in [1.82, 2.24) is 10.2 Å². The van der Waals surface area contributed by atoms with Crippen molar-refractivity contribution in [2.45, 2.75) is 39.0 Å². The number of hydrogen-bond acceptors (Lipinski definition) is 5. The number of rotatable bonds is 2. The first-order chi connectivity index (χ1) is 8.02. The predicted octanol–water partition coefficient (Wildman–Crippen LogP) is 0.939. The Morgan fingerprint density at radius 1 is 1.59 bits per heavy atom. The van der Waals surface area contributed by atoms with Crippen LogP contribution in [0.1, 0.15) is 26.3 Å². The van der Waals surface area contributed by atoms with Gasteiger partial charge >= 0.3 is 0 Å².